The van der Waals surface area contributed by atoms with Crippen molar-refractivity contribution in [2.45, 2.75) is 13.8 Å². The maximum absolute atomic E-state index is 12.1. The molecule has 2 aromatic carbocycles. The number of hydrogen-bond acceptors (Lipinski definition) is 4. The zero-order chi connectivity index (χ0) is 18.0. The van der Waals surface area contributed by atoms with Crippen molar-refractivity contribution < 1.29 is 14.7 Å². The Labute approximate surface area is 149 Å². The highest BCUT2D eigenvalue weighted by molar-refractivity contribution is 8.18. The van der Waals surface area contributed by atoms with Gasteiger partial charge in [-0.15, -0.1) is 0 Å². The zero-order valence-electron chi connectivity index (χ0n) is 13.7. The van der Waals surface area contributed by atoms with Crippen LogP contribution in [0.1, 0.15) is 27.0 Å². The molecule has 1 aliphatic rings. The Balaban J connectivity index is 1.83. The molecule has 1 heterocycles. The van der Waals surface area contributed by atoms with Crippen LogP contribution in [0, 0.1) is 13.8 Å². The third-order valence-corrected chi connectivity index (χ3v) is 4.60. The number of hydrogen-bond donors (Lipinski definition) is 2. The number of benzene rings is 2. The predicted octanol–water partition coefficient (Wildman–Crippen LogP) is 3.89. The number of aliphatic imine (C=N–C) groups is 1. The second-order valence-electron chi connectivity index (χ2n) is 5.70. The first-order valence-corrected chi connectivity index (χ1v) is 8.44. The van der Waals surface area contributed by atoms with Crippen LogP contribution in [-0.4, -0.2) is 22.2 Å². The molecule has 1 saturated heterocycles. The van der Waals surface area contributed by atoms with Gasteiger partial charge < -0.3 is 10.4 Å². The second-order valence-corrected chi connectivity index (χ2v) is 6.73. The summed E-state index contributed by atoms with van der Waals surface area (Å²) in [4.78, 5) is 28.1. The number of carboxylic acid groups (broad SMARTS) is 1. The predicted molar refractivity (Wildman–Crippen MR) is 100 cm³/mol. The van der Waals surface area contributed by atoms with E-state index >= 15 is 0 Å². The maximum atomic E-state index is 12.1. The van der Waals surface area contributed by atoms with E-state index in [9.17, 15) is 9.59 Å². The van der Waals surface area contributed by atoms with Crippen LogP contribution in [0.2, 0.25) is 0 Å². The van der Waals surface area contributed by atoms with E-state index in [1.54, 1.807) is 18.2 Å². The second kappa shape index (κ2) is 6.94. The van der Waals surface area contributed by atoms with Gasteiger partial charge in [0.05, 0.1) is 16.2 Å². The Kier molecular flexibility index (Phi) is 4.72. The molecule has 2 N–H and O–H groups in total. The number of carboxylic acids is 1. The van der Waals surface area contributed by atoms with Crippen molar-refractivity contribution >= 4 is 40.6 Å². The quantitative estimate of drug-likeness (QED) is 0.821. The fraction of sp³-hybridized carbons (Fsp3) is 0.105. The van der Waals surface area contributed by atoms with E-state index in [2.05, 4.69) is 10.3 Å². The number of amidine groups is 1. The van der Waals surface area contributed by atoms with E-state index in [0.29, 0.717) is 10.1 Å². The first-order valence-electron chi connectivity index (χ1n) is 7.62. The Morgan fingerprint density at radius 3 is 2.56 bits per heavy atom. The smallest absolute Gasteiger partial charge is 0.335 e. The zero-order valence-corrected chi connectivity index (χ0v) is 14.6. The molecule has 1 aliphatic heterocycles. The van der Waals surface area contributed by atoms with Crippen molar-refractivity contribution in [3.05, 3.63) is 69.6 Å². The van der Waals surface area contributed by atoms with Crippen molar-refractivity contribution in [2.24, 2.45) is 4.99 Å². The number of carbonyl (C=O) groups is 2. The van der Waals surface area contributed by atoms with Crippen LogP contribution < -0.4 is 5.32 Å². The number of nitrogens with one attached hydrogen (secondary N) is 1. The molecule has 5 nitrogen and oxygen atoms in total. The summed E-state index contributed by atoms with van der Waals surface area (Å²) in [5, 5.41) is 12.2. The van der Waals surface area contributed by atoms with Gasteiger partial charge in [-0.05, 0) is 66.6 Å². The summed E-state index contributed by atoms with van der Waals surface area (Å²) in [6.07, 6.45) is 1.72. The molecule has 1 fully saturated rings. The van der Waals surface area contributed by atoms with E-state index < -0.39 is 5.97 Å². The molecule has 0 aliphatic carbocycles. The number of amides is 1. The van der Waals surface area contributed by atoms with Crippen LogP contribution in [0.4, 0.5) is 5.69 Å². The molecule has 3 rings (SSSR count). The van der Waals surface area contributed by atoms with Crippen LogP contribution in [-0.2, 0) is 4.79 Å². The van der Waals surface area contributed by atoms with Gasteiger partial charge in [-0.3, -0.25) is 4.79 Å². The molecule has 0 bridgehead atoms. The van der Waals surface area contributed by atoms with Crippen molar-refractivity contribution in [1.82, 2.24) is 5.32 Å². The van der Waals surface area contributed by atoms with Gasteiger partial charge in [-0.25, -0.2) is 9.79 Å². The molecule has 25 heavy (non-hydrogen) atoms. The summed E-state index contributed by atoms with van der Waals surface area (Å²) < 4.78 is 0. The van der Waals surface area contributed by atoms with Gasteiger partial charge in [0, 0.05) is 0 Å². The maximum Gasteiger partial charge on any atom is 0.335 e. The Morgan fingerprint density at radius 2 is 1.88 bits per heavy atom. The minimum atomic E-state index is -0.977. The molecule has 0 atom stereocenters. The van der Waals surface area contributed by atoms with Crippen LogP contribution in [0.15, 0.2) is 52.4 Å². The van der Waals surface area contributed by atoms with Crippen LogP contribution in [0.25, 0.3) is 6.08 Å². The Morgan fingerprint density at radius 1 is 1.16 bits per heavy atom. The van der Waals surface area contributed by atoms with E-state index in [1.807, 2.05) is 32.0 Å². The molecule has 0 aromatic heterocycles. The number of carbonyl (C=O) groups excluding carboxylic acids is 1. The normalized spacial score (nSPS) is 17.1. The SMILES string of the molecule is Cc1ccc(C)c(N=C2NC(=O)/C(=C\c3ccc(C(=O)O)cc3)S2)c1. The molecule has 0 saturated carbocycles. The van der Waals surface area contributed by atoms with Crippen LogP contribution >= 0.6 is 11.8 Å². The first-order chi connectivity index (χ1) is 11.9. The summed E-state index contributed by atoms with van der Waals surface area (Å²) >= 11 is 1.27. The fourth-order valence-electron chi connectivity index (χ4n) is 2.30. The minimum absolute atomic E-state index is 0.211. The van der Waals surface area contributed by atoms with E-state index in [4.69, 9.17) is 5.11 Å². The number of thioether (sulfide) groups is 1. The molecule has 0 radical (unpaired) electrons. The summed E-state index contributed by atoms with van der Waals surface area (Å²) in [5.41, 5.74) is 3.94. The van der Waals surface area contributed by atoms with E-state index in [1.165, 1.54) is 23.9 Å². The average Bonchev–Trinajstić information content (AvgIpc) is 2.91. The van der Waals surface area contributed by atoms with Gasteiger partial charge in [-0.1, -0.05) is 24.3 Å². The standard InChI is InChI=1S/C19H16N2O3S/c1-11-3-4-12(2)15(9-11)20-19-21-17(22)16(25-19)10-13-5-7-14(8-6-13)18(23)24/h3-10H,1-2H3,(H,23,24)(H,20,21,22)/b16-10+. The highest BCUT2D eigenvalue weighted by Gasteiger charge is 2.24. The fourth-order valence-corrected chi connectivity index (χ4v) is 3.14. The summed E-state index contributed by atoms with van der Waals surface area (Å²) in [7, 11) is 0. The number of rotatable bonds is 3. The molecule has 126 valence electrons. The van der Waals surface area contributed by atoms with Crippen LogP contribution in [0.5, 0.6) is 0 Å². The van der Waals surface area contributed by atoms with Gasteiger partial charge in [-0.2, -0.15) is 0 Å². The lowest BCUT2D eigenvalue weighted by atomic mass is 10.1. The van der Waals surface area contributed by atoms with Gasteiger partial charge in [0.15, 0.2) is 5.17 Å². The third kappa shape index (κ3) is 3.97. The van der Waals surface area contributed by atoms with Gasteiger partial charge >= 0.3 is 5.97 Å². The monoisotopic (exact) mass is 352 g/mol. The minimum Gasteiger partial charge on any atom is -0.478 e. The lowest BCUT2D eigenvalue weighted by molar-refractivity contribution is -0.115. The van der Waals surface area contributed by atoms with Crippen molar-refractivity contribution in [1.29, 1.82) is 0 Å². The Hall–Kier alpha value is -2.86. The highest BCUT2D eigenvalue weighted by Crippen LogP contribution is 2.29. The summed E-state index contributed by atoms with van der Waals surface area (Å²) in [6, 6.07) is 12.4. The van der Waals surface area contributed by atoms with Crippen molar-refractivity contribution in [3.63, 3.8) is 0 Å². The highest BCUT2D eigenvalue weighted by atomic mass is 32.2. The topological polar surface area (TPSA) is 78.8 Å². The molecule has 0 unspecified atom stereocenters. The van der Waals surface area contributed by atoms with E-state index in [-0.39, 0.29) is 11.5 Å². The van der Waals surface area contributed by atoms with E-state index in [0.717, 1.165) is 22.4 Å². The van der Waals surface area contributed by atoms with Crippen molar-refractivity contribution in [2.75, 3.05) is 0 Å². The number of aromatic carboxylic acids is 1. The molecular formula is C19H16N2O3S. The van der Waals surface area contributed by atoms with Crippen molar-refractivity contribution in [3.8, 4) is 0 Å². The first kappa shape index (κ1) is 17.0. The van der Waals surface area contributed by atoms with Crippen LogP contribution in [0.3, 0.4) is 0 Å². The molecule has 1 amide bonds. The molecule has 6 heteroatoms. The molecule has 2 aromatic rings. The lowest BCUT2D eigenvalue weighted by Gasteiger charge is -2.02. The van der Waals surface area contributed by atoms with Gasteiger partial charge in [0.2, 0.25) is 0 Å². The van der Waals surface area contributed by atoms with Gasteiger partial charge in [0.1, 0.15) is 0 Å². The van der Waals surface area contributed by atoms with Gasteiger partial charge in [0.25, 0.3) is 5.91 Å². The Bertz CT molecular complexity index is 915. The summed E-state index contributed by atoms with van der Waals surface area (Å²) in [6.45, 7) is 3.97. The number of nitrogens with zero attached hydrogens (tertiary/aromatic N) is 1. The molecule has 0 spiro atoms. The largest absolute Gasteiger partial charge is 0.478 e. The number of aryl methyl sites for hydroxylation is 2. The third-order valence-electron chi connectivity index (χ3n) is 3.69. The summed E-state index contributed by atoms with van der Waals surface area (Å²) in [5.74, 6) is -1.19. The molecular weight excluding hydrogens is 336 g/mol. The lowest BCUT2D eigenvalue weighted by Crippen LogP contribution is -2.19. The average molecular weight is 352 g/mol.